The van der Waals surface area contributed by atoms with E-state index in [9.17, 15) is 4.79 Å². The van der Waals surface area contributed by atoms with Crippen LogP contribution in [0.1, 0.15) is 37.3 Å². The highest BCUT2D eigenvalue weighted by molar-refractivity contribution is 5.79. The van der Waals surface area contributed by atoms with E-state index in [2.05, 4.69) is 87.5 Å². The molecular formula is C29H37N5O. The lowest BCUT2D eigenvalue weighted by atomic mass is 9.97. The Bertz CT molecular complexity index is 1050. The van der Waals surface area contributed by atoms with E-state index in [0.717, 1.165) is 56.6 Å². The van der Waals surface area contributed by atoms with Gasteiger partial charge in [0.2, 0.25) is 11.9 Å². The molecule has 1 aliphatic rings. The van der Waals surface area contributed by atoms with Gasteiger partial charge in [-0.05, 0) is 43.9 Å². The van der Waals surface area contributed by atoms with Crippen LogP contribution in [0.25, 0.3) is 11.1 Å². The number of rotatable bonds is 10. The Hall–Kier alpha value is -3.25. The fraction of sp³-hybridized carbons (Fsp3) is 0.414. The van der Waals surface area contributed by atoms with Crippen molar-refractivity contribution in [2.45, 2.75) is 39.7 Å². The zero-order valence-corrected chi connectivity index (χ0v) is 21.0. The molecule has 1 aromatic heterocycles. The van der Waals surface area contributed by atoms with E-state index >= 15 is 0 Å². The van der Waals surface area contributed by atoms with Crippen LogP contribution < -0.4 is 10.2 Å². The zero-order chi connectivity index (χ0) is 24.5. The van der Waals surface area contributed by atoms with E-state index in [0.29, 0.717) is 19.0 Å². The summed E-state index contributed by atoms with van der Waals surface area (Å²) in [6, 6.07) is 18.9. The molecule has 0 spiro atoms. The summed E-state index contributed by atoms with van der Waals surface area (Å²) >= 11 is 0. The van der Waals surface area contributed by atoms with Gasteiger partial charge >= 0.3 is 0 Å². The molecule has 2 aromatic carbocycles. The Morgan fingerprint density at radius 3 is 2.51 bits per heavy atom. The first-order chi connectivity index (χ1) is 17.1. The number of carbonyl (C=O) groups excluding carboxylic acids is 1. The molecule has 1 saturated heterocycles. The van der Waals surface area contributed by atoms with Crippen LogP contribution in [0.3, 0.4) is 0 Å². The molecule has 35 heavy (non-hydrogen) atoms. The van der Waals surface area contributed by atoms with Crippen LogP contribution in [0.15, 0.2) is 67.0 Å². The van der Waals surface area contributed by atoms with Crippen molar-refractivity contribution in [2.24, 2.45) is 5.92 Å². The molecule has 6 nitrogen and oxygen atoms in total. The van der Waals surface area contributed by atoms with Crippen molar-refractivity contribution in [3.8, 4) is 11.1 Å². The largest absolute Gasteiger partial charge is 0.356 e. The molecule has 2 heterocycles. The van der Waals surface area contributed by atoms with Gasteiger partial charge in [-0.15, -0.1) is 0 Å². The van der Waals surface area contributed by atoms with Gasteiger partial charge in [0.25, 0.3) is 0 Å². The van der Waals surface area contributed by atoms with Crippen LogP contribution in [0.5, 0.6) is 0 Å². The van der Waals surface area contributed by atoms with Crippen LogP contribution in [-0.4, -0.2) is 53.5 Å². The third kappa shape index (κ3) is 7.12. The molecule has 0 aliphatic carbocycles. The van der Waals surface area contributed by atoms with Crippen molar-refractivity contribution in [3.05, 3.63) is 78.1 Å². The summed E-state index contributed by atoms with van der Waals surface area (Å²) < 4.78 is 0. The number of carbonyl (C=O) groups is 1. The summed E-state index contributed by atoms with van der Waals surface area (Å²) in [4.78, 5) is 26.6. The molecule has 1 aliphatic heterocycles. The summed E-state index contributed by atoms with van der Waals surface area (Å²) in [5, 5.41) is 3.17. The lowest BCUT2D eigenvalue weighted by molar-refractivity contribution is -0.125. The van der Waals surface area contributed by atoms with Gasteiger partial charge in [0, 0.05) is 50.7 Å². The summed E-state index contributed by atoms with van der Waals surface area (Å²) in [5.74, 6) is 0.839. The quantitative estimate of drug-likeness (QED) is 0.435. The topological polar surface area (TPSA) is 61.4 Å². The predicted molar refractivity (Wildman–Crippen MR) is 142 cm³/mol. The van der Waals surface area contributed by atoms with Crippen molar-refractivity contribution >= 4 is 11.9 Å². The lowest BCUT2D eigenvalue weighted by Crippen LogP contribution is -2.44. The summed E-state index contributed by atoms with van der Waals surface area (Å²) in [7, 11) is 0. The molecule has 0 saturated carbocycles. The van der Waals surface area contributed by atoms with Crippen LogP contribution in [0.4, 0.5) is 5.95 Å². The third-order valence-corrected chi connectivity index (χ3v) is 6.74. The molecule has 1 amide bonds. The standard InChI is InChI=1S/C29H37N5O/c1-3-33(21-24-9-5-4-6-10-24)17-8-16-30-28(35)26-11-7-18-34(22-26)29-31-19-27(20-32-29)25-14-12-23(2)13-15-25/h4-6,9-10,12-15,19-20,26H,3,7-8,11,16-18,21-22H2,1-2H3,(H,30,35)/t26-/m1/s1. The lowest BCUT2D eigenvalue weighted by Gasteiger charge is -2.32. The van der Waals surface area contributed by atoms with E-state index in [-0.39, 0.29) is 11.8 Å². The Labute approximate surface area is 209 Å². The monoisotopic (exact) mass is 471 g/mol. The molecule has 0 unspecified atom stereocenters. The van der Waals surface area contributed by atoms with Gasteiger partial charge in [0.1, 0.15) is 0 Å². The van der Waals surface area contributed by atoms with Crippen molar-refractivity contribution in [3.63, 3.8) is 0 Å². The molecule has 4 rings (SSSR count). The first-order valence-electron chi connectivity index (χ1n) is 12.8. The average Bonchev–Trinajstić information content (AvgIpc) is 2.91. The highest BCUT2D eigenvalue weighted by atomic mass is 16.1. The minimum Gasteiger partial charge on any atom is -0.356 e. The van der Waals surface area contributed by atoms with Gasteiger partial charge in [-0.3, -0.25) is 9.69 Å². The minimum atomic E-state index is -0.0178. The van der Waals surface area contributed by atoms with E-state index in [1.165, 1.54) is 11.1 Å². The number of nitrogens with one attached hydrogen (secondary N) is 1. The number of anilines is 1. The maximum absolute atomic E-state index is 12.9. The molecule has 6 heteroatoms. The van der Waals surface area contributed by atoms with Crippen LogP contribution in [0.2, 0.25) is 0 Å². The van der Waals surface area contributed by atoms with Crippen LogP contribution >= 0.6 is 0 Å². The van der Waals surface area contributed by atoms with E-state index in [1.807, 2.05) is 18.5 Å². The second kappa shape index (κ2) is 12.5. The van der Waals surface area contributed by atoms with Crippen molar-refractivity contribution in [1.82, 2.24) is 20.2 Å². The van der Waals surface area contributed by atoms with Gasteiger partial charge < -0.3 is 10.2 Å². The second-order valence-electron chi connectivity index (χ2n) is 9.42. The number of aryl methyl sites for hydroxylation is 1. The molecule has 184 valence electrons. The Kier molecular flexibility index (Phi) is 8.85. The molecule has 0 radical (unpaired) electrons. The van der Waals surface area contributed by atoms with Crippen molar-refractivity contribution < 1.29 is 4.79 Å². The summed E-state index contributed by atoms with van der Waals surface area (Å²) in [6.45, 7) is 9.47. The van der Waals surface area contributed by atoms with Crippen molar-refractivity contribution in [1.29, 1.82) is 0 Å². The van der Waals surface area contributed by atoms with E-state index in [1.54, 1.807) is 0 Å². The van der Waals surface area contributed by atoms with Gasteiger partial charge in [-0.2, -0.15) is 0 Å². The Balaban J connectivity index is 1.23. The molecular weight excluding hydrogens is 434 g/mol. The zero-order valence-electron chi connectivity index (χ0n) is 21.0. The van der Waals surface area contributed by atoms with E-state index < -0.39 is 0 Å². The molecule has 1 atom stereocenters. The average molecular weight is 472 g/mol. The minimum absolute atomic E-state index is 0.0178. The second-order valence-corrected chi connectivity index (χ2v) is 9.42. The number of hydrogen-bond donors (Lipinski definition) is 1. The molecule has 3 aromatic rings. The SMILES string of the molecule is CCN(CCCNC(=O)[C@@H]1CCCN(c2ncc(-c3ccc(C)cc3)cn2)C1)Cc1ccccc1. The van der Waals surface area contributed by atoms with Gasteiger partial charge in [0.15, 0.2) is 0 Å². The number of piperidine rings is 1. The Morgan fingerprint density at radius 1 is 1.06 bits per heavy atom. The summed E-state index contributed by atoms with van der Waals surface area (Å²) in [5.41, 5.74) is 4.69. The fourth-order valence-electron chi connectivity index (χ4n) is 4.60. The first-order valence-corrected chi connectivity index (χ1v) is 12.8. The third-order valence-electron chi connectivity index (χ3n) is 6.74. The van der Waals surface area contributed by atoms with Gasteiger partial charge in [-0.1, -0.05) is 67.1 Å². The number of nitrogens with zero attached hydrogens (tertiary/aromatic N) is 4. The maximum Gasteiger partial charge on any atom is 0.225 e. The highest BCUT2D eigenvalue weighted by Crippen LogP contribution is 2.23. The summed E-state index contributed by atoms with van der Waals surface area (Å²) in [6.07, 6.45) is 6.60. The van der Waals surface area contributed by atoms with Crippen LogP contribution in [-0.2, 0) is 11.3 Å². The van der Waals surface area contributed by atoms with Gasteiger partial charge in [-0.25, -0.2) is 9.97 Å². The first kappa shape index (κ1) is 24.9. The smallest absolute Gasteiger partial charge is 0.225 e. The normalized spacial score (nSPS) is 15.9. The van der Waals surface area contributed by atoms with E-state index in [4.69, 9.17) is 0 Å². The molecule has 1 fully saturated rings. The number of aromatic nitrogens is 2. The highest BCUT2D eigenvalue weighted by Gasteiger charge is 2.27. The maximum atomic E-state index is 12.9. The number of hydrogen-bond acceptors (Lipinski definition) is 5. The van der Waals surface area contributed by atoms with Crippen molar-refractivity contribution in [2.75, 3.05) is 37.6 Å². The number of amides is 1. The fourth-order valence-corrected chi connectivity index (χ4v) is 4.60. The van der Waals surface area contributed by atoms with Gasteiger partial charge in [0.05, 0.1) is 5.92 Å². The number of benzene rings is 2. The van der Waals surface area contributed by atoms with Crippen LogP contribution in [0, 0.1) is 12.8 Å². The Morgan fingerprint density at radius 2 is 1.80 bits per heavy atom. The predicted octanol–water partition coefficient (Wildman–Crippen LogP) is 4.70. The molecule has 0 bridgehead atoms. The molecule has 1 N–H and O–H groups in total.